The first-order valence-corrected chi connectivity index (χ1v) is 10.5. The Labute approximate surface area is 183 Å². The number of hydrazine groups is 1. The minimum atomic E-state index is -4.31. The van der Waals surface area contributed by atoms with Crippen LogP contribution in [0.3, 0.4) is 0 Å². The lowest BCUT2D eigenvalue weighted by molar-refractivity contribution is -0.134. The van der Waals surface area contributed by atoms with Crippen molar-refractivity contribution in [3.8, 4) is 23.0 Å². The van der Waals surface area contributed by atoms with Crippen molar-refractivity contribution in [1.29, 1.82) is 0 Å². The minimum absolute atomic E-state index is 0.0371. The number of fused-ring (bicyclic) bond motifs is 1. The van der Waals surface area contributed by atoms with Gasteiger partial charge >= 0.3 is 5.97 Å². The number of esters is 1. The van der Waals surface area contributed by atoms with Crippen LogP contribution in [0.1, 0.15) is 15.9 Å². The number of benzene rings is 2. The fraction of sp³-hybridized carbons (Fsp3) is 0.200. The van der Waals surface area contributed by atoms with E-state index in [-0.39, 0.29) is 28.8 Å². The second-order valence-corrected chi connectivity index (χ2v) is 7.89. The van der Waals surface area contributed by atoms with Gasteiger partial charge in [-0.15, -0.1) is 4.83 Å². The van der Waals surface area contributed by atoms with Crippen LogP contribution in [0, 0.1) is 0 Å². The Morgan fingerprint density at radius 3 is 2.47 bits per heavy atom. The van der Waals surface area contributed by atoms with E-state index in [4.69, 9.17) is 18.9 Å². The van der Waals surface area contributed by atoms with Gasteiger partial charge in [0, 0.05) is 11.6 Å². The molecule has 1 aliphatic heterocycles. The highest BCUT2D eigenvalue weighted by Gasteiger charge is 2.25. The van der Waals surface area contributed by atoms with Crippen LogP contribution in [0.2, 0.25) is 0 Å². The lowest BCUT2D eigenvalue weighted by Gasteiger charge is -2.15. The number of amides is 1. The molecule has 2 aromatic carbocycles. The molecule has 0 bridgehead atoms. The second-order valence-electron chi connectivity index (χ2n) is 6.24. The molecule has 0 aromatic heterocycles. The van der Waals surface area contributed by atoms with Crippen molar-refractivity contribution in [2.75, 3.05) is 28.1 Å². The van der Waals surface area contributed by atoms with E-state index in [1.54, 1.807) is 0 Å². The number of hydrogen-bond acceptors (Lipinski definition) is 9. The summed E-state index contributed by atoms with van der Waals surface area (Å²) in [6.45, 7) is 0.0371. The van der Waals surface area contributed by atoms with Gasteiger partial charge < -0.3 is 23.7 Å². The Kier molecular flexibility index (Phi) is 6.85. The summed E-state index contributed by atoms with van der Waals surface area (Å²) >= 11 is 0. The molecule has 1 amide bonds. The summed E-state index contributed by atoms with van der Waals surface area (Å²) < 4.78 is 51.2. The second kappa shape index (κ2) is 9.58. The fourth-order valence-electron chi connectivity index (χ4n) is 2.76. The van der Waals surface area contributed by atoms with Gasteiger partial charge in [-0.3, -0.25) is 10.2 Å². The lowest BCUT2D eigenvalue weighted by atomic mass is 10.2. The van der Waals surface area contributed by atoms with Gasteiger partial charge in [0.1, 0.15) is 4.90 Å². The summed E-state index contributed by atoms with van der Waals surface area (Å²) in [6.07, 6.45) is 2.46. The maximum absolute atomic E-state index is 12.9. The van der Waals surface area contributed by atoms with Crippen molar-refractivity contribution >= 4 is 28.0 Å². The highest BCUT2D eigenvalue weighted by molar-refractivity contribution is 7.89. The minimum Gasteiger partial charge on any atom is -0.493 e. The first kappa shape index (κ1) is 22.9. The van der Waals surface area contributed by atoms with Crippen molar-refractivity contribution in [2.24, 2.45) is 0 Å². The van der Waals surface area contributed by atoms with Crippen LogP contribution < -0.4 is 29.2 Å². The maximum atomic E-state index is 12.9. The summed E-state index contributed by atoms with van der Waals surface area (Å²) in [5.74, 6) is -0.486. The van der Waals surface area contributed by atoms with E-state index in [0.717, 1.165) is 6.08 Å². The number of carbonyl (C=O) groups is 2. The molecule has 0 aliphatic carbocycles. The van der Waals surface area contributed by atoms with Crippen molar-refractivity contribution in [1.82, 2.24) is 10.3 Å². The molecule has 2 N–H and O–H groups in total. The fourth-order valence-corrected chi connectivity index (χ4v) is 3.81. The van der Waals surface area contributed by atoms with Crippen LogP contribution in [0.15, 0.2) is 41.3 Å². The molecule has 3 rings (SSSR count). The van der Waals surface area contributed by atoms with Gasteiger partial charge in [-0.05, 0) is 42.0 Å². The van der Waals surface area contributed by atoms with E-state index in [9.17, 15) is 18.0 Å². The molecule has 0 fully saturated rings. The lowest BCUT2D eigenvalue weighted by Crippen LogP contribution is -2.41. The SMILES string of the molecule is COC(=O)/C=C/c1cc(OC)c(OC)c(S(=O)(=O)NNC(=O)c2ccc3c(c2)OCO3)c1. The standard InChI is InChI=1S/C20H20N2O9S/c1-27-16-8-12(4-7-18(23)28-2)9-17(19(16)29-3)32(25,26)22-21-20(24)13-5-6-14-15(10-13)31-11-30-14/h4-10,22H,11H2,1-3H3,(H,21,24)/b7-4+. The smallest absolute Gasteiger partial charge is 0.330 e. The van der Waals surface area contributed by atoms with Gasteiger partial charge in [0.25, 0.3) is 15.9 Å². The van der Waals surface area contributed by atoms with Crippen molar-refractivity contribution in [3.63, 3.8) is 0 Å². The molecular weight excluding hydrogens is 444 g/mol. The summed E-state index contributed by atoms with van der Waals surface area (Å²) in [5, 5.41) is 0. The predicted molar refractivity (Wildman–Crippen MR) is 111 cm³/mol. The first-order valence-electron chi connectivity index (χ1n) is 9.03. The molecule has 0 unspecified atom stereocenters. The van der Waals surface area contributed by atoms with Gasteiger partial charge in [0.05, 0.1) is 21.3 Å². The van der Waals surface area contributed by atoms with Gasteiger partial charge in [-0.1, -0.05) is 0 Å². The summed E-state index contributed by atoms with van der Waals surface area (Å²) in [7, 11) is -0.497. The Morgan fingerprint density at radius 2 is 1.78 bits per heavy atom. The van der Waals surface area contributed by atoms with Crippen LogP contribution in [-0.4, -0.2) is 48.4 Å². The Morgan fingerprint density at radius 1 is 1.03 bits per heavy atom. The molecule has 0 atom stereocenters. The highest BCUT2D eigenvalue weighted by Crippen LogP contribution is 2.36. The molecule has 12 heteroatoms. The predicted octanol–water partition coefficient (Wildman–Crippen LogP) is 1.24. The molecule has 11 nitrogen and oxygen atoms in total. The quantitative estimate of drug-likeness (QED) is 0.336. The third-order valence-electron chi connectivity index (χ3n) is 4.30. The third kappa shape index (κ3) is 4.92. The number of methoxy groups -OCH3 is 3. The third-order valence-corrected chi connectivity index (χ3v) is 5.56. The molecule has 0 spiro atoms. The van der Waals surface area contributed by atoms with Crippen LogP contribution in [0.5, 0.6) is 23.0 Å². The number of rotatable bonds is 8. The molecule has 32 heavy (non-hydrogen) atoms. The largest absolute Gasteiger partial charge is 0.493 e. The van der Waals surface area contributed by atoms with E-state index in [2.05, 4.69) is 10.2 Å². The average Bonchev–Trinajstić information content (AvgIpc) is 3.28. The van der Waals surface area contributed by atoms with Gasteiger partial charge in [-0.2, -0.15) is 0 Å². The van der Waals surface area contributed by atoms with Gasteiger partial charge in [0.15, 0.2) is 23.0 Å². The number of ether oxygens (including phenoxy) is 5. The van der Waals surface area contributed by atoms with Gasteiger partial charge in [0.2, 0.25) is 6.79 Å². The average molecular weight is 464 g/mol. The van der Waals surface area contributed by atoms with Crippen LogP contribution in [0.25, 0.3) is 6.08 Å². The molecule has 1 aliphatic rings. The Balaban J connectivity index is 1.86. The Hall–Kier alpha value is -3.77. The van der Waals surface area contributed by atoms with E-state index < -0.39 is 21.9 Å². The topological polar surface area (TPSA) is 138 Å². The normalized spacial score (nSPS) is 12.5. The number of hydrogen-bond donors (Lipinski definition) is 2. The molecule has 0 radical (unpaired) electrons. The Bertz CT molecular complexity index is 1180. The van der Waals surface area contributed by atoms with Crippen molar-refractivity contribution in [3.05, 3.63) is 47.5 Å². The monoisotopic (exact) mass is 464 g/mol. The highest BCUT2D eigenvalue weighted by atomic mass is 32.2. The first-order chi connectivity index (χ1) is 15.3. The summed E-state index contributed by atoms with van der Waals surface area (Å²) in [4.78, 5) is 25.5. The van der Waals surface area contributed by atoms with E-state index in [0.29, 0.717) is 17.1 Å². The molecule has 0 saturated heterocycles. The summed E-state index contributed by atoms with van der Waals surface area (Å²) in [6, 6.07) is 7.14. The zero-order chi connectivity index (χ0) is 23.3. The molecule has 2 aromatic rings. The van der Waals surface area contributed by atoms with Crippen LogP contribution >= 0.6 is 0 Å². The van der Waals surface area contributed by atoms with Crippen molar-refractivity contribution < 1.29 is 41.7 Å². The maximum Gasteiger partial charge on any atom is 0.330 e. The number of nitrogens with one attached hydrogen (secondary N) is 2. The van der Waals surface area contributed by atoms with Crippen molar-refractivity contribution in [2.45, 2.75) is 4.90 Å². The molecule has 0 saturated carbocycles. The van der Waals surface area contributed by atoms with Gasteiger partial charge in [-0.25, -0.2) is 13.2 Å². The summed E-state index contributed by atoms with van der Waals surface area (Å²) in [5.41, 5.74) is 2.60. The van der Waals surface area contributed by atoms with E-state index in [1.165, 1.54) is 57.7 Å². The van der Waals surface area contributed by atoms with E-state index >= 15 is 0 Å². The molecular formula is C20H20N2O9S. The number of carbonyl (C=O) groups excluding carboxylic acids is 2. The van der Waals surface area contributed by atoms with Crippen LogP contribution in [0.4, 0.5) is 0 Å². The zero-order valence-corrected chi connectivity index (χ0v) is 18.1. The molecule has 170 valence electrons. The van der Waals surface area contributed by atoms with E-state index in [1.807, 2.05) is 4.83 Å². The zero-order valence-electron chi connectivity index (χ0n) is 17.3. The number of sulfonamides is 1. The molecule has 1 heterocycles. The van der Waals surface area contributed by atoms with Crippen LogP contribution in [-0.2, 0) is 19.6 Å².